The van der Waals surface area contributed by atoms with Crippen LogP contribution in [0.5, 0.6) is 0 Å². The molecule has 0 aromatic heterocycles. The Morgan fingerprint density at radius 2 is 1.79 bits per heavy atom. The molecule has 0 bridgehead atoms. The van der Waals surface area contributed by atoms with Crippen molar-refractivity contribution in [2.75, 3.05) is 37.7 Å². The summed E-state index contributed by atoms with van der Waals surface area (Å²) in [5.74, 6) is 1.31. The second-order valence-electron chi connectivity index (χ2n) is 8.14. The van der Waals surface area contributed by atoms with E-state index in [0.717, 1.165) is 37.4 Å². The highest BCUT2D eigenvalue weighted by Gasteiger charge is 2.23. The van der Waals surface area contributed by atoms with Gasteiger partial charge in [-0.15, -0.1) is 0 Å². The fourth-order valence-electron chi connectivity index (χ4n) is 3.93. The van der Waals surface area contributed by atoms with Crippen molar-refractivity contribution in [1.82, 2.24) is 10.2 Å². The lowest BCUT2D eigenvalue weighted by molar-refractivity contribution is 0.0963. The molecule has 1 aromatic rings. The Labute approximate surface area is 174 Å². The molecule has 2 heterocycles. The van der Waals surface area contributed by atoms with Gasteiger partial charge in [0.2, 0.25) is 0 Å². The molecule has 2 aliphatic rings. The summed E-state index contributed by atoms with van der Waals surface area (Å²) in [6.45, 7) is 8.79. The number of hydrogen-bond donors (Lipinski definition) is 2. The van der Waals surface area contributed by atoms with Crippen molar-refractivity contribution in [3.05, 3.63) is 29.8 Å². The van der Waals surface area contributed by atoms with Gasteiger partial charge < -0.3 is 25.6 Å². The predicted molar refractivity (Wildman–Crippen MR) is 117 cm³/mol. The number of rotatable bonds is 5. The van der Waals surface area contributed by atoms with Crippen LogP contribution in [0.15, 0.2) is 29.3 Å². The molecule has 3 N–H and O–H groups in total. The molecular weight excluding hydrogens is 366 g/mol. The molecule has 1 aromatic carbocycles. The minimum absolute atomic E-state index is 0.227. The van der Waals surface area contributed by atoms with Crippen LogP contribution in [-0.2, 0) is 11.3 Å². The molecule has 3 rings (SSSR count). The molecule has 7 heteroatoms. The van der Waals surface area contributed by atoms with Crippen molar-refractivity contribution in [2.24, 2.45) is 16.6 Å². The van der Waals surface area contributed by atoms with Gasteiger partial charge in [0.1, 0.15) is 0 Å². The van der Waals surface area contributed by atoms with Gasteiger partial charge in [-0.1, -0.05) is 19.1 Å². The highest BCUT2D eigenvalue weighted by atomic mass is 16.6. The first kappa shape index (κ1) is 21.3. The third-order valence-electron chi connectivity index (χ3n) is 5.89. The lowest BCUT2D eigenvalue weighted by Gasteiger charge is -2.32. The van der Waals surface area contributed by atoms with Crippen LogP contribution in [0.3, 0.4) is 0 Å². The number of guanidine groups is 1. The van der Waals surface area contributed by atoms with E-state index in [1.165, 1.54) is 18.5 Å². The Morgan fingerprint density at radius 3 is 2.41 bits per heavy atom. The van der Waals surface area contributed by atoms with Crippen molar-refractivity contribution < 1.29 is 9.53 Å². The Bertz CT molecular complexity index is 675. The number of amides is 1. The molecule has 0 atom stereocenters. The third-order valence-corrected chi connectivity index (χ3v) is 5.89. The number of benzene rings is 1. The molecule has 2 saturated heterocycles. The summed E-state index contributed by atoms with van der Waals surface area (Å²) in [7, 11) is 0. The SMILES string of the molecule is CCOC(=O)N1CCC(NC(N)=NCc2ccc(N3CCC(C)CC3)cc2)CC1. The molecule has 2 aliphatic heterocycles. The number of carbonyl (C=O) groups is 1. The van der Waals surface area contributed by atoms with E-state index in [0.29, 0.717) is 32.2 Å². The van der Waals surface area contributed by atoms with E-state index in [1.807, 2.05) is 6.92 Å². The molecule has 160 valence electrons. The molecule has 0 saturated carbocycles. The van der Waals surface area contributed by atoms with Gasteiger partial charge >= 0.3 is 6.09 Å². The monoisotopic (exact) mass is 401 g/mol. The predicted octanol–water partition coefficient (Wildman–Crippen LogP) is 2.95. The van der Waals surface area contributed by atoms with E-state index in [9.17, 15) is 4.79 Å². The van der Waals surface area contributed by atoms with Crippen molar-refractivity contribution in [3.8, 4) is 0 Å². The Kier molecular flexibility index (Phi) is 7.61. The average molecular weight is 402 g/mol. The number of nitrogens with zero attached hydrogens (tertiary/aromatic N) is 3. The van der Waals surface area contributed by atoms with E-state index < -0.39 is 0 Å². The van der Waals surface area contributed by atoms with Crippen molar-refractivity contribution in [3.63, 3.8) is 0 Å². The van der Waals surface area contributed by atoms with Gasteiger partial charge in [-0.05, 0) is 56.2 Å². The van der Waals surface area contributed by atoms with E-state index in [1.54, 1.807) is 4.90 Å². The zero-order chi connectivity index (χ0) is 20.6. The summed E-state index contributed by atoms with van der Waals surface area (Å²) in [5.41, 5.74) is 8.53. The number of carbonyl (C=O) groups excluding carboxylic acids is 1. The minimum atomic E-state index is -0.227. The largest absolute Gasteiger partial charge is 0.450 e. The molecule has 1 amide bonds. The summed E-state index contributed by atoms with van der Waals surface area (Å²) < 4.78 is 5.05. The van der Waals surface area contributed by atoms with Gasteiger partial charge in [-0.3, -0.25) is 0 Å². The quantitative estimate of drug-likeness (QED) is 0.585. The van der Waals surface area contributed by atoms with Gasteiger partial charge in [-0.2, -0.15) is 0 Å². The second-order valence-corrected chi connectivity index (χ2v) is 8.14. The summed E-state index contributed by atoms with van der Waals surface area (Å²) >= 11 is 0. The van der Waals surface area contributed by atoms with Gasteiger partial charge in [0.25, 0.3) is 0 Å². The normalized spacial score (nSPS) is 19.3. The fourth-order valence-corrected chi connectivity index (χ4v) is 3.93. The second kappa shape index (κ2) is 10.4. The summed E-state index contributed by atoms with van der Waals surface area (Å²) in [6.07, 6.45) is 4.01. The van der Waals surface area contributed by atoms with Crippen LogP contribution < -0.4 is 16.0 Å². The van der Waals surface area contributed by atoms with Crippen LogP contribution in [0, 0.1) is 5.92 Å². The van der Waals surface area contributed by atoms with Crippen molar-refractivity contribution in [1.29, 1.82) is 0 Å². The van der Waals surface area contributed by atoms with Crippen LogP contribution >= 0.6 is 0 Å². The maximum Gasteiger partial charge on any atom is 0.409 e. The highest BCUT2D eigenvalue weighted by molar-refractivity contribution is 5.78. The summed E-state index contributed by atoms with van der Waals surface area (Å²) in [6, 6.07) is 8.91. The van der Waals surface area contributed by atoms with E-state index in [4.69, 9.17) is 10.5 Å². The van der Waals surface area contributed by atoms with Crippen LogP contribution in [-0.4, -0.2) is 55.8 Å². The molecule has 7 nitrogen and oxygen atoms in total. The van der Waals surface area contributed by atoms with Crippen molar-refractivity contribution in [2.45, 2.75) is 52.1 Å². The van der Waals surface area contributed by atoms with E-state index in [2.05, 4.69) is 46.4 Å². The van der Waals surface area contributed by atoms with Crippen LogP contribution in [0.2, 0.25) is 0 Å². The van der Waals surface area contributed by atoms with Gasteiger partial charge in [0, 0.05) is 37.9 Å². The number of nitrogens with two attached hydrogens (primary N) is 1. The fraction of sp³-hybridized carbons (Fsp3) is 0.636. The first-order valence-electron chi connectivity index (χ1n) is 10.9. The third kappa shape index (κ3) is 6.27. The van der Waals surface area contributed by atoms with Crippen LogP contribution in [0.25, 0.3) is 0 Å². The molecule has 0 unspecified atom stereocenters. The molecule has 29 heavy (non-hydrogen) atoms. The Morgan fingerprint density at radius 1 is 1.14 bits per heavy atom. The average Bonchev–Trinajstić information content (AvgIpc) is 2.74. The van der Waals surface area contributed by atoms with Gasteiger partial charge in [-0.25, -0.2) is 9.79 Å². The van der Waals surface area contributed by atoms with Gasteiger partial charge in [0.15, 0.2) is 5.96 Å². The topological polar surface area (TPSA) is 83.2 Å². The number of hydrogen-bond acceptors (Lipinski definition) is 4. The number of aliphatic imine (C=N–C) groups is 1. The molecule has 2 fully saturated rings. The Balaban J connectivity index is 1.42. The maximum atomic E-state index is 11.8. The first-order valence-corrected chi connectivity index (χ1v) is 10.9. The number of anilines is 1. The summed E-state index contributed by atoms with van der Waals surface area (Å²) in [5, 5.41) is 3.29. The lowest BCUT2D eigenvalue weighted by Crippen LogP contribution is -2.48. The lowest BCUT2D eigenvalue weighted by atomic mass is 9.99. The highest BCUT2D eigenvalue weighted by Crippen LogP contribution is 2.23. The number of piperidine rings is 2. The zero-order valence-electron chi connectivity index (χ0n) is 17.8. The van der Waals surface area contributed by atoms with Crippen molar-refractivity contribution >= 4 is 17.7 Å². The molecule has 0 radical (unpaired) electrons. The van der Waals surface area contributed by atoms with Crippen LogP contribution in [0.1, 0.15) is 45.1 Å². The number of ether oxygens (including phenoxy) is 1. The smallest absolute Gasteiger partial charge is 0.409 e. The zero-order valence-corrected chi connectivity index (χ0v) is 17.8. The summed E-state index contributed by atoms with van der Waals surface area (Å²) in [4.78, 5) is 20.5. The number of nitrogens with one attached hydrogen (secondary N) is 1. The standard InChI is InChI=1S/C22H35N5O2/c1-3-29-22(28)27-14-10-19(11-15-27)25-21(23)24-16-18-4-6-20(7-5-18)26-12-8-17(2)9-13-26/h4-7,17,19H,3,8-16H2,1-2H3,(H3,23,24,25). The minimum Gasteiger partial charge on any atom is -0.450 e. The van der Waals surface area contributed by atoms with E-state index >= 15 is 0 Å². The Hall–Kier alpha value is -2.44. The maximum absolute atomic E-state index is 11.8. The van der Waals surface area contributed by atoms with Gasteiger partial charge in [0.05, 0.1) is 13.2 Å². The van der Waals surface area contributed by atoms with E-state index in [-0.39, 0.29) is 12.1 Å². The molecular formula is C22H35N5O2. The molecule has 0 aliphatic carbocycles. The first-order chi connectivity index (χ1) is 14.0. The molecule has 0 spiro atoms. The van der Waals surface area contributed by atoms with Crippen LogP contribution in [0.4, 0.5) is 10.5 Å². The number of likely N-dealkylation sites (tertiary alicyclic amines) is 1.